The predicted octanol–water partition coefficient (Wildman–Crippen LogP) is 1.08. The number of rotatable bonds is 5. The Balaban J connectivity index is 2.17. The van der Waals surface area contributed by atoms with Crippen LogP contribution in [0.1, 0.15) is 18.2 Å². The number of nitrogens with zero attached hydrogens (tertiary/aromatic N) is 2. The Kier molecular flexibility index (Phi) is 4.07. The SMILES string of the molecule is Cn1ccc(CC(=O)NC(C)(C(=O)O)c2ccccc2)n1. The maximum atomic E-state index is 12.1. The largest absolute Gasteiger partial charge is 0.479 e. The van der Waals surface area contributed by atoms with Crippen LogP contribution in [-0.4, -0.2) is 26.8 Å². The number of aliphatic carboxylic acids is 1. The maximum Gasteiger partial charge on any atom is 0.333 e. The number of aromatic nitrogens is 2. The molecule has 0 radical (unpaired) electrons. The van der Waals surface area contributed by atoms with Gasteiger partial charge in [-0.15, -0.1) is 0 Å². The number of hydrogen-bond acceptors (Lipinski definition) is 3. The number of nitrogens with one attached hydrogen (secondary N) is 1. The van der Waals surface area contributed by atoms with Crippen LogP contribution in [0.3, 0.4) is 0 Å². The standard InChI is InChI=1S/C15H17N3O3/c1-15(14(20)21,11-6-4-3-5-7-11)16-13(19)10-12-8-9-18(2)17-12/h3-9H,10H2,1-2H3,(H,16,19)(H,20,21). The summed E-state index contributed by atoms with van der Waals surface area (Å²) in [5.41, 5.74) is -0.352. The zero-order valence-electron chi connectivity index (χ0n) is 11.9. The molecule has 1 aromatic carbocycles. The van der Waals surface area contributed by atoms with Crippen molar-refractivity contribution in [3.8, 4) is 0 Å². The molecule has 6 nitrogen and oxygen atoms in total. The summed E-state index contributed by atoms with van der Waals surface area (Å²) in [6.07, 6.45) is 1.77. The molecule has 21 heavy (non-hydrogen) atoms. The normalized spacial score (nSPS) is 13.4. The van der Waals surface area contributed by atoms with Crippen LogP contribution >= 0.6 is 0 Å². The van der Waals surface area contributed by atoms with Gasteiger partial charge in [0.25, 0.3) is 0 Å². The highest BCUT2D eigenvalue weighted by molar-refractivity contribution is 5.88. The van der Waals surface area contributed by atoms with E-state index in [-0.39, 0.29) is 12.3 Å². The lowest BCUT2D eigenvalue weighted by Crippen LogP contribution is -2.50. The van der Waals surface area contributed by atoms with Gasteiger partial charge in [-0.05, 0) is 18.6 Å². The number of aryl methyl sites for hydroxylation is 1. The second-order valence-corrected chi connectivity index (χ2v) is 5.00. The zero-order chi connectivity index (χ0) is 15.5. The Bertz CT molecular complexity index is 651. The van der Waals surface area contributed by atoms with Crippen molar-refractivity contribution in [2.24, 2.45) is 7.05 Å². The van der Waals surface area contributed by atoms with Gasteiger partial charge < -0.3 is 10.4 Å². The highest BCUT2D eigenvalue weighted by Gasteiger charge is 2.36. The van der Waals surface area contributed by atoms with Crippen molar-refractivity contribution in [1.82, 2.24) is 15.1 Å². The van der Waals surface area contributed by atoms with E-state index in [0.29, 0.717) is 11.3 Å². The van der Waals surface area contributed by atoms with E-state index in [4.69, 9.17) is 0 Å². The molecule has 0 saturated carbocycles. The van der Waals surface area contributed by atoms with Gasteiger partial charge in [0.2, 0.25) is 5.91 Å². The molecule has 0 fully saturated rings. The van der Waals surface area contributed by atoms with E-state index in [2.05, 4.69) is 10.4 Å². The van der Waals surface area contributed by atoms with Gasteiger partial charge in [-0.2, -0.15) is 5.10 Å². The zero-order valence-corrected chi connectivity index (χ0v) is 11.9. The second kappa shape index (κ2) is 5.78. The first kappa shape index (κ1) is 14.8. The molecule has 0 spiro atoms. The molecule has 2 N–H and O–H groups in total. The van der Waals surface area contributed by atoms with Gasteiger partial charge in [-0.1, -0.05) is 30.3 Å². The highest BCUT2D eigenvalue weighted by atomic mass is 16.4. The van der Waals surface area contributed by atoms with E-state index in [1.165, 1.54) is 6.92 Å². The van der Waals surface area contributed by atoms with E-state index in [9.17, 15) is 14.7 Å². The first-order valence-corrected chi connectivity index (χ1v) is 6.50. The predicted molar refractivity (Wildman–Crippen MR) is 76.5 cm³/mol. The molecule has 2 rings (SSSR count). The minimum atomic E-state index is -1.47. The minimum absolute atomic E-state index is 0.0382. The fourth-order valence-electron chi connectivity index (χ4n) is 2.07. The van der Waals surface area contributed by atoms with E-state index in [1.54, 1.807) is 54.3 Å². The van der Waals surface area contributed by atoms with Crippen LogP contribution in [-0.2, 0) is 28.6 Å². The van der Waals surface area contributed by atoms with Crippen LogP contribution in [0, 0.1) is 0 Å². The summed E-state index contributed by atoms with van der Waals surface area (Å²) in [4.78, 5) is 23.7. The van der Waals surface area contributed by atoms with Crippen molar-refractivity contribution in [2.45, 2.75) is 18.9 Å². The molecule has 1 amide bonds. The summed E-state index contributed by atoms with van der Waals surface area (Å²) in [6.45, 7) is 1.47. The Morgan fingerprint density at radius 2 is 1.95 bits per heavy atom. The van der Waals surface area contributed by atoms with Crippen LogP contribution in [0.4, 0.5) is 0 Å². The van der Waals surface area contributed by atoms with E-state index in [1.807, 2.05) is 0 Å². The fraction of sp³-hybridized carbons (Fsp3) is 0.267. The molecule has 2 aromatic rings. The summed E-state index contributed by atoms with van der Waals surface area (Å²) >= 11 is 0. The topological polar surface area (TPSA) is 84.2 Å². The third-order valence-corrected chi connectivity index (χ3v) is 3.28. The number of carbonyl (C=O) groups is 2. The van der Waals surface area contributed by atoms with Gasteiger partial charge in [0.1, 0.15) is 0 Å². The molecule has 0 bridgehead atoms. The smallest absolute Gasteiger partial charge is 0.333 e. The molecule has 0 aliphatic rings. The molecule has 0 aliphatic carbocycles. The third kappa shape index (κ3) is 3.28. The summed E-state index contributed by atoms with van der Waals surface area (Å²) in [7, 11) is 1.76. The second-order valence-electron chi connectivity index (χ2n) is 5.00. The molecule has 0 saturated heterocycles. The van der Waals surface area contributed by atoms with Crippen LogP contribution in [0.15, 0.2) is 42.6 Å². The number of hydrogen-bond donors (Lipinski definition) is 2. The average molecular weight is 287 g/mol. The van der Waals surface area contributed by atoms with Crippen LogP contribution < -0.4 is 5.32 Å². The average Bonchev–Trinajstić information content (AvgIpc) is 2.84. The van der Waals surface area contributed by atoms with Crippen LogP contribution in [0.5, 0.6) is 0 Å². The first-order valence-electron chi connectivity index (χ1n) is 6.50. The molecular formula is C15H17N3O3. The number of carbonyl (C=O) groups excluding carboxylic acids is 1. The van der Waals surface area contributed by atoms with Gasteiger partial charge in [0.05, 0.1) is 12.1 Å². The lowest BCUT2D eigenvalue weighted by Gasteiger charge is -2.26. The Labute approximate surface area is 122 Å². The number of benzene rings is 1. The van der Waals surface area contributed by atoms with Gasteiger partial charge in [-0.3, -0.25) is 9.48 Å². The lowest BCUT2D eigenvalue weighted by molar-refractivity contribution is -0.147. The molecule has 0 aliphatic heterocycles. The van der Waals surface area contributed by atoms with Crippen molar-refractivity contribution in [2.75, 3.05) is 0 Å². The van der Waals surface area contributed by atoms with E-state index >= 15 is 0 Å². The number of amides is 1. The van der Waals surface area contributed by atoms with Gasteiger partial charge in [-0.25, -0.2) is 4.79 Å². The van der Waals surface area contributed by atoms with Crippen molar-refractivity contribution in [3.05, 3.63) is 53.9 Å². The fourth-order valence-corrected chi connectivity index (χ4v) is 2.07. The number of carboxylic acid groups (broad SMARTS) is 1. The Morgan fingerprint density at radius 1 is 1.29 bits per heavy atom. The summed E-state index contributed by atoms with van der Waals surface area (Å²) in [6, 6.07) is 10.3. The summed E-state index contributed by atoms with van der Waals surface area (Å²) in [5, 5.41) is 16.2. The van der Waals surface area contributed by atoms with Crippen LogP contribution in [0.25, 0.3) is 0 Å². The number of carboxylic acids is 1. The lowest BCUT2D eigenvalue weighted by atomic mass is 9.92. The molecule has 1 atom stereocenters. The van der Waals surface area contributed by atoms with Gasteiger partial charge in [0, 0.05) is 13.2 Å². The van der Waals surface area contributed by atoms with Gasteiger partial charge in [0.15, 0.2) is 5.54 Å². The molecule has 1 heterocycles. The van der Waals surface area contributed by atoms with Crippen molar-refractivity contribution in [1.29, 1.82) is 0 Å². The first-order chi connectivity index (χ1) is 9.91. The maximum absolute atomic E-state index is 12.1. The Morgan fingerprint density at radius 3 is 2.48 bits per heavy atom. The monoisotopic (exact) mass is 287 g/mol. The highest BCUT2D eigenvalue weighted by Crippen LogP contribution is 2.21. The van der Waals surface area contributed by atoms with Crippen molar-refractivity contribution >= 4 is 11.9 Å². The van der Waals surface area contributed by atoms with Gasteiger partial charge >= 0.3 is 5.97 Å². The molecule has 1 aromatic heterocycles. The molecule has 1 unspecified atom stereocenters. The third-order valence-electron chi connectivity index (χ3n) is 3.28. The summed E-state index contributed by atoms with van der Waals surface area (Å²) in [5.74, 6) is -1.49. The van der Waals surface area contributed by atoms with E-state index < -0.39 is 11.5 Å². The Hall–Kier alpha value is -2.63. The van der Waals surface area contributed by atoms with Crippen LogP contribution in [0.2, 0.25) is 0 Å². The molecule has 6 heteroatoms. The van der Waals surface area contributed by atoms with Crippen molar-refractivity contribution in [3.63, 3.8) is 0 Å². The minimum Gasteiger partial charge on any atom is -0.479 e. The molecular weight excluding hydrogens is 270 g/mol. The van der Waals surface area contributed by atoms with Crippen molar-refractivity contribution < 1.29 is 14.7 Å². The quantitative estimate of drug-likeness (QED) is 0.862. The van der Waals surface area contributed by atoms with E-state index in [0.717, 1.165) is 0 Å². The molecule has 110 valence electrons. The summed E-state index contributed by atoms with van der Waals surface area (Å²) < 4.78 is 1.59.